The summed E-state index contributed by atoms with van der Waals surface area (Å²) in [6.07, 6.45) is 2.32. The van der Waals surface area contributed by atoms with E-state index in [1.54, 1.807) is 20.7 Å². The second kappa shape index (κ2) is 12.5. The van der Waals surface area contributed by atoms with Crippen molar-refractivity contribution in [2.75, 3.05) is 66.5 Å². The molecule has 0 aliphatic carbocycles. The molecule has 1 N–H and O–H groups in total. The zero-order valence-corrected chi connectivity index (χ0v) is 24.4. The van der Waals surface area contributed by atoms with Gasteiger partial charge in [-0.2, -0.15) is 0 Å². The fraction of sp³-hybridized carbons (Fsp3) is 0.483. The molecule has 5 rings (SSSR count). The summed E-state index contributed by atoms with van der Waals surface area (Å²) in [5, 5.41) is 11.6. The van der Waals surface area contributed by atoms with Crippen LogP contribution in [0.2, 0.25) is 0 Å². The van der Waals surface area contributed by atoms with Gasteiger partial charge in [0.1, 0.15) is 9.57 Å². The first-order valence-corrected chi connectivity index (χ1v) is 15.9. The van der Waals surface area contributed by atoms with E-state index in [2.05, 4.69) is 76.2 Å². The van der Waals surface area contributed by atoms with E-state index in [0.717, 1.165) is 98.8 Å². The van der Waals surface area contributed by atoms with Gasteiger partial charge < -0.3 is 14.9 Å². The minimum absolute atomic E-state index is 0.471. The van der Waals surface area contributed by atoms with Crippen molar-refractivity contribution in [1.82, 2.24) is 19.6 Å². The molecule has 2 aliphatic heterocycles. The van der Waals surface area contributed by atoms with Crippen LogP contribution in [-0.4, -0.2) is 91.2 Å². The summed E-state index contributed by atoms with van der Waals surface area (Å²) in [5.74, 6) is 0.471. The Labute approximate surface area is 234 Å². The summed E-state index contributed by atoms with van der Waals surface area (Å²) in [4.78, 5) is 11.0. The van der Waals surface area contributed by atoms with Crippen LogP contribution in [0.25, 0.3) is 21.6 Å². The molecule has 1 aromatic heterocycles. The molecule has 2 saturated heterocycles. The van der Waals surface area contributed by atoms with E-state index in [4.69, 9.17) is 12.2 Å². The number of hydrogen-bond donors (Lipinski definition) is 1. The Balaban J connectivity index is 1.53. The van der Waals surface area contributed by atoms with Gasteiger partial charge in [0.15, 0.2) is 0 Å². The molecule has 5 nitrogen and oxygen atoms in total. The predicted octanol–water partition coefficient (Wildman–Crippen LogP) is 5.85. The molecule has 0 amide bonds. The van der Waals surface area contributed by atoms with Crippen molar-refractivity contribution in [3.63, 3.8) is 0 Å². The molecule has 0 atom stereocenters. The lowest BCUT2D eigenvalue weighted by atomic mass is 9.98. The van der Waals surface area contributed by atoms with Crippen LogP contribution in [0.15, 0.2) is 42.5 Å². The van der Waals surface area contributed by atoms with Crippen LogP contribution in [0, 0.1) is 3.82 Å². The Hall–Kier alpha value is -1.65. The Morgan fingerprint density at radius 1 is 0.730 bits per heavy atom. The zero-order valence-electron chi connectivity index (χ0n) is 22.0. The molecular weight excluding hydrogens is 517 g/mol. The van der Waals surface area contributed by atoms with Crippen molar-refractivity contribution in [3.05, 3.63) is 57.4 Å². The quantitative estimate of drug-likeness (QED) is 0.304. The fourth-order valence-electron chi connectivity index (χ4n) is 5.43. The van der Waals surface area contributed by atoms with Crippen molar-refractivity contribution in [2.45, 2.75) is 25.9 Å². The van der Waals surface area contributed by atoms with E-state index < -0.39 is 0 Å². The lowest BCUT2D eigenvalue weighted by Crippen LogP contribution is -2.29. The Morgan fingerprint density at radius 2 is 1.30 bits per heavy atom. The van der Waals surface area contributed by atoms with Crippen molar-refractivity contribution in [2.24, 2.45) is 0 Å². The van der Waals surface area contributed by atoms with Gasteiger partial charge in [0.2, 0.25) is 0 Å². The van der Waals surface area contributed by atoms with Gasteiger partial charge in [-0.1, -0.05) is 63.2 Å². The van der Waals surface area contributed by atoms with Crippen LogP contribution in [0.3, 0.4) is 0 Å². The first-order valence-electron chi connectivity index (χ1n) is 13.3. The smallest absolute Gasteiger partial charge is 0.124 e. The molecule has 3 aromatic rings. The fourth-order valence-corrected chi connectivity index (χ4v) is 8.33. The van der Waals surface area contributed by atoms with E-state index in [1.165, 1.54) is 16.0 Å². The third-order valence-electron chi connectivity index (χ3n) is 7.64. The molecule has 2 fully saturated rings. The maximum atomic E-state index is 11.6. The minimum Gasteiger partial charge on any atom is -0.507 e. The third-order valence-corrected chi connectivity index (χ3v) is 10.7. The van der Waals surface area contributed by atoms with Crippen molar-refractivity contribution in [3.8, 4) is 27.3 Å². The molecule has 0 bridgehead atoms. The molecule has 0 radical (unpaired) electrons. The molecule has 0 saturated carbocycles. The normalized spacial score (nSPS) is 19.1. The topological polar surface area (TPSA) is 33.2 Å². The van der Waals surface area contributed by atoms with Gasteiger partial charge in [0.05, 0.1) is 4.88 Å². The van der Waals surface area contributed by atoms with Crippen molar-refractivity contribution in [1.29, 1.82) is 0 Å². The van der Waals surface area contributed by atoms with Crippen LogP contribution >= 0.6 is 32.9 Å². The van der Waals surface area contributed by atoms with Gasteiger partial charge in [0, 0.05) is 56.0 Å². The van der Waals surface area contributed by atoms with E-state index in [-0.39, 0.29) is 0 Å². The van der Waals surface area contributed by atoms with Gasteiger partial charge in [-0.15, -0.1) is 0 Å². The van der Waals surface area contributed by atoms with E-state index in [1.807, 2.05) is 0 Å². The number of rotatable bonds is 6. The molecular formula is C29H38N4OS3. The highest BCUT2D eigenvalue weighted by molar-refractivity contribution is 7.80. The number of nitrogens with zero attached hydrogens (tertiary/aromatic N) is 4. The van der Waals surface area contributed by atoms with Crippen molar-refractivity contribution >= 4 is 32.9 Å². The number of phenols is 1. The summed E-state index contributed by atoms with van der Waals surface area (Å²) >= 11 is 5.81. The van der Waals surface area contributed by atoms with E-state index in [0.29, 0.717) is 5.75 Å². The SMILES string of the molecule is CN1CCCN(Cc2cc(-c3ssc(=S)c3-c3ccccc3)cc(CN3CCCN(C)CC3)c2O)CC1. The number of aromatic hydroxyl groups is 1. The maximum Gasteiger partial charge on any atom is 0.124 e. The number of likely N-dealkylation sites (N-methyl/N-ethyl adjacent to an activating group) is 2. The molecule has 0 unspecified atom stereocenters. The molecule has 0 spiro atoms. The monoisotopic (exact) mass is 554 g/mol. The predicted molar refractivity (Wildman–Crippen MR) is 160 cm³/mol. The summed E-state index contributed by atoms with van der Waals surface area (Å²) in [7, 11) is 7.84. The van der Waals surface area contributed by atoms with Crippen molar-refractivity contribution < 1.29 is 5.11 Å². The van der Waals surface area contributed by atoms with Gasteiger partial charge in [-0.05, 0) is 76.4 Å². The molecule has 37 heavy (non-hydrogen) atoms. The second-order valence-corrected chi connectivity index (χ2v) is 13.3. The van der Waals surface area contributed by atoms with Gasteiger partial charge in [-0.3, -0.25) is 9.80 Å². The Bertz CT molecular complexity index is 1190. The number of hydrogen-bond acceptors (Lipinski definition) is 8. The maximum absolute atomic E-state index is 11.6. The average molecular weight is 555 g/mol. The van der Waals surface area contributed by atoms with Crippen LogP contribution < -0.4 is 0 Å². The van der Waals surface area contributed by atoms with Gasteiger partial charge in [0.25, 0.3) is 0 Å². The zero-order chi connectivity index (χ0) is 25.8. The number of benzene rings is 2. The first kappa shape index (κ1) is 26.9. The van der Waals surface area contributed by atoms with Crippen LogP contribution in [-0.2, 0) is 13.1 Å². The molecule has 3 heterocycles. The minimum atomic E-state index is 0.471. The van der Waals surface area contributed by atoms with Gasteiger partial charge in [-0.25, -0.2) is 0 Å². The first-order chi connectivity index (χ1) is 18.0. The highest BCUT2D eigenvalue weighted by Crippen LogP contribution is 2.43. The molecule has 2 aromatic carbocycles. The Morgan fingerprint density at radius 3 is 1.86 bits per heavy atom. The largest absolute Gasteiger partial charge is 0.507 e. The average Bonchev–Trinajstić information content (AvgIpc) is 3.01. The molecule has 8 heteroatoms. The van der Waals surface area contributed by atoms with E-state index in [9.17, 15) is 5.11 Å². The van der Waals surface area contributed by atoms with Crippen LogP contribution in [0.4, 0.5) is 0 Å². The molecule has 198 valence electrons. The number of phenolic OH excluding ortho intramolecular Hbond substituents is 1. The molecule has 2 aliphatic rings. The third kappa shape index (κ3) is 6.68. The standard InChI is InChI=1S/C29H38N4OS3/c1-30-10-6-12-32(16-14-30)20-24-18-23(28-26(29(35)37-36-28)22-8-4-3-5-9-22)19-25(27(24)34)21-33-13-7-11-31(2)15-17-33/h3-5,8-9,18-19,34H,6-7,10-17,20-21H2,1-2H3. The Kier molecular flexibility index (Phi) is 9.08. The van der Waals surface area contributed by atoms with Crippen LogP contribution in [0.5, 0.6) is 5.75 Å². The summed E-state index contributed by atoms with van der Waals surface area (Å²) in [6.45, 7) is 10.1. The van der Waals surface area contributed by atoms with Crippen LogP contribution in [0.1, 0.15) is 24.0 Å². The summed E-state index contributed by atoms with van der Waals surface area (Å²) in [6, 6.07) is 15.0. The highest BCUT2D eigenvalue weighted by atomic mass is 32.9. The van der Waals surface area contributed by atoms with Gasteiger partial charge >= 0.3 is 0 Å². The summed E-state index contributed by atoms with van der Waals surface area (Å²) in [5.41, 5.74) is 5.57. The lowest BCUT2D eigenvalue weighted by Gasteiger charge is -2.24. The highest BCUT2D eigenvalue weighted by Gasteiger charge is 2.21. The summed E-state index contributed by atoms with van der Waals surface area (Å²) < 4.78 is 0.938. The van der Waals surface area contributed by atoms with E-state index >= 15 is 0 Å². The lowest BCUT2D eigenvalue weighted by molar-refractivity contribution is 0.259. The second-order valence-electron chi connectivity index (χ2n) is 10.5.